The van der Waals surface area contributed by atoms with E-state index in [1.807, 2.05) is 0 Å². The number of carbonyl (C=O) groups excluding carboxylic acids is 1. The van der Waals surface area contributed by atoms with Gasteiger partial charge in [-0.3, -0.25) is 0 Å². The fourth-order valence-electron chi connectivity index (χ4n) is 3.59. The average molecular weight is 508 g/mol. The first-order valence-corrected chi connectivity index (χ1v) is 12.4. The van der Waals surface area contributed by atoms with Gasteiger partial charge in [0.1, 0.15) is 5.82 Å². The Balaban J connectivity index is 1.89. The summed E-state index contributed by atoms with van der Waals surface area (Å²) < 4.78 is 80.6. The number of halogens is 4. The molecular formula is C24H20F4N2O4S. The van der Waals surface area contributed by atoms with Crippen molar-refractivity contribution in [1.82, 2.24) is 4.57 Å². The fraction of sp³-hybridized carbons (Fsp3) is 0.250. The Hall–Kier alpha value is -3.47. The van der Waals surface area contributed by atoms with E-state index in [2.05, 4.69) is 9.99 Å². The van der Waals surface area contributed by atoms with E-state index in [1.165, 1.54) is 66.1 Å². The van der Waals surface area contributed by atoms with Gasteiger partial charge < -0.3 is 9.40 Å². The second-order valence-corrected chi connectivity index (χ2v) is 10.3. The molecule has 0 spiro atoms. The number of rotatable bonds is 6. The molecule has 0 bridgehead atoms. The minimum Gasteiger partial charge on any atom is -0.317 e. The van der Waals surface area contributed by atoms with E-state index in [9.17, 15) is 30.8 Å². The van der Waals surface area contributed by atoms with Gasteiger partial charge in [-0.25, -0.2) is 17.6 Å². The molecule has 0 atom stereocenters. The van der Waals surface area contributed by atoms with Crippen LogP contribution in [0, 0.1) is 18.7 Å². The maximum Gasteiger partial charge on any atom is 0.437 e. The second kappa shape index (κ2) is 8.95. The van der Waals surface area contributed by atoms with Crippen molar-refractivity contribution in [3.8, 4) is 16.9 Å². The summed E-state index contributed by atoms with van der Waals surface area (Å²) in [4.78, 5) is 16.5. The first kappa shape index (κ1) is 24.6. The number of nitrogens with zero attached hydrogens (tertiary/aromatic N) is 2. The molecule has 184 valence electrons. The molecule has 0 unspecified atom stereocenters. The topological polar surface area (TPSA) is 77.7 Å². The Labute approximate surface area is 198 Å². The molecule has 4 rings (SSSR count). The third-order valence-electron chi connectivity index (χ3n) is 5.57. The summed E-state index contributed by atoms with van der Waals surface area (Å²) in [7, 11) is -3.49. The molecular weight excluding hydrogens is 488 g/mol. The van der Waals surface area contributed by atoms with E-state index in [0.717, 1.165) is 6.26 Å². The van der Waals surface area contributed by atoms with Crippen molar-refractivity contribution < 1.29 is 35.6 Å². The molecule has 1 aromatic heterocycles. The van der Waals surface area contributed by atoms with Crippen molar-refractivity contribution in [2.24, 2.45) is 11.1 Å². The van der Waals surface area contributed by atoms with Gasteiger partial charge in [0, 0.05) is 23.2 Å². The molecule has 0 amide bonds. The summed E-state index contributed by atoms with van der Waals surface area (Å²) in [5, 5.41) is 3.18. The maximum atomic E-state index is 14.0. The monoisotopic (exact) mass is 508 g/mol. The van der Waals surface area contributed by atoms with Crippen molar-refractivity contribution >= 4 is 21.5 Å². The number of hydrogen-bond donors (Lipinski definition) is 0. The minimum absolute atomic E-state index is 0.0441. The zero-order valence-electron chi connectivity index (χ0n) is 18.6. The average Bonchev–Trinajstić information content (AvgIpc) is 3.58. The van der Waals surface area contributed by atoms with Crippen LogP contribution in [0.3, 0.4) is 0 Å². The van der Waals surface area contributed by atoms with E-state index in [0.29, 0.717) is 24.1 Å². The molecule has 1 saturated carbocycles. The SMILES string of the molecule is Cc1c(C(=NOC(=O)C2CC2)C(F)(F)F)cc(-c2ccc(S(C)(=O)=O)cc2)n1-c1ccc(F)cc1. The van der Waals surface area contributed by atoms with Crippen LogP contribution in [0.5, 0.6) is 0 Å². The summed E-state index contributed by atoms with van der Waals surface area (Å²) in [6.45, 7) is 1.43. The van der Waals surface area contributed by atoms with Crippen LogP contribution in [0.15, 0.2) is 64.6 Å². The Morgan fingerprint density at radius 2 is 1.66 bits per heavy atom. The summed E-state index contributed by atoms with van der Waals surface area (Å²) in [5.41, 5.74) is -0.570. The maximum absolute atomic E-state index is 14.0. The van der Waals surface area contributed by atoms with E-state index in [1.54, 1.807) is 0 Å². The lowest BCUT2D eigenvalue weighted by Crippen LogP contribution is -2.25. The van der Waals surface area contributed by atoms with Crippen LogP contribution >= 0.6 is 0 Å². The Morgan fingerprint density at radius 3 is 2.17 bits per heavy atom. The molecule has 0 aliphatic heterocycles. The van der Waals surface area contributed by atoms with Crippen molar-refractivity contribution in [2.75, 3.05) is 6.26 Å². The van der Waals surface area contributed by atoms with E-state index < -0.39 is 39.4 Å². The smallest absolute Gasteiger partial charge is 0.317 e. The first-order chi connectivity index (χ1) is 16.4. The van der Waals surface area contributed by atoms with Crippen molar-refractivity contribution in [3.05, 3.63) is 71.7 Å². The lowest BCUT2D eigenvalue weighted by Gasteiger charge is -2.14. The predicted molar refractivity (Wildman–Crippen MR) is 120 cm³/mol. The zero-order chi connectivity index (χ0) is 25.5. The van der Waals surface area contributed by atoms with Crippen molar-refractivity contribution in [2.45, 2.75) is 30.8 Å². The quantitative estimate of drug-likeness (QED) is 0.198. The van der Waals surface area contributed by atoms with Gasteiger partial charge in [0.2, 0.25) is 0 Å². The van der Waals surface area contributed by atoms with Crippen LogP contribution in [0.1, 0.15) is 24.1 Å². The van der Waals surface area contributed by atoms with Gasteiger partial charge in [0.15, 0.2) is 15.5 Å². The van der Waals surface area contributed by atoms with Gasteiger partial charge in [-0.2, -0.15) is 13.2 Å². The highest BCUT2D eigenvalue weighted by molar-refractivity contribution is 7.90. The van der Waals surface area contributed by atoms with Crippen LogP contribution in [-0.4, -0.2) is 37.1 Å². The van der Waals surface area contributed by atoms with Gasteiger partial charge >= 0.3 is 12.1 Å². The molecule has 3 aromatic rings. The highest BCUT2D eigenvalue weighted by Gasteiger charge is 2.41. The predicted octanol–water partition coefficient (Wildman–Crippen LogP) is 5.21. The third-order valence-corrected chi connectivity index (χ3v) is 6.70. The number of sulfone groups is 1. The van der Waals surface area contributed by atoms with Crippen LogP contribution in [-0.2, 0) is 19.5 Å². The van der Waals surface area contributed by atoms with Crippen LogP contribution < -0.4 is 0 Å². The fourth-order valence-corrected chi connectivity index (χ4v) is 4.22. The number of benzene rings is 2. The molecule has 1 aliphatic rings. The molecule has 35 heavy (non-hydrogen) atoms. The molecule has 1 heterocycles. The molecule has 0 radical (unpaired) electrons. The summed E-state index contributed by atoms with van der Waals surface area (Å²) >= 11 is 0. The van der Waals surface area contributed by atoms with Gasteiger partial charge in [-0.05, 0) is 67.8 Å². The number of carbonyl (C=O) groups is 1. The summed E-state index contributed by atoms with van der Waals surface area (Å²) in [6.07, 6.45) is -2.81. The van der Waals surface area contributed by atoms with Gasteiger partial charge in [0.05, 0.1) is 16.5 Å². The van der Waals surface area contributed by atoms with Crippen LogP contribution in [0.2, 0.25) is 0 Å². The summed E-state index contributed by atoms with van der Waals surface area (Å²) in [6, 6.07) is 12.0. The first-order valence-electron chi connectivity index (χ1n) is 10.5. The van der Waals surface area contributed by atoms with E-state index in [-0.39, 0.29) is 21.8 Å². The molecule has 2 aromatic carbocycles. The second-order valence-electron chi connectivity index (χ2n) is 8.26. The molecule has 6 nitrogen and oxygen atoms in total. The largest absolute Gasteiger partial charge is 0.437 e. The normalized spacial score (nSPS) is 14.7. The lowest BCUT2D eigenvalue weighted by molar-refractivity contribution is -0.145. The number of aromatic nitrogens is 1. The van der Waals surface area contributed by atoms with Crippen molar-refractivity contribution in [1.29, 1.82) is 0 Å². The highest BCUT2D eigenvalue weighted by atomic mass is 32.2. The van der Waals surface area contributed by atoms with Gasteiger partial charge in [-0.15, -0.1) is 0 Å². The number of alkyl halides is 3. The molecule has 0 saturated heterocycles. The lowest BCUT2D eigenvalue weighted by atomic mass is 10.1. The van der Waals surface area contributed by atoms with Crippen LogP contribution in [0.4, 0.5) is 17.6 Å². The molecule has 11 heteroatoms. The minimum atomic E-state index is -4.94. The third kappa shape index (κ3) is 5.29. The Kier molecular flexibility index (Phi) is 6.31. The molecule has 1 aliphatic carbocycles. The molecule has 1 fully saturated rings. The highest BCUT2D eigenvalue weighted by Crippen LogP contribution is 2.35. The summed E-state index contributed by atoms with van der Waals surface area (Å²) in [5.74, 6) is -1.79. The van der Waals surface area contributed by atoms with Gasteiger partial charge in [0.25, 0.3) is 0 Å². The van der Waals surface area contributed by atoms with E-state index >= 15 is 0 Å². The Morgan fingerprint density at radius 1 is 1.06 bits per heavy atom. The van der Waals surface area contributed by atoms with E-state index in [4.69, 9.17) is 0 Å². The van der Waals surface area contributed by atoms with Gasteiger partial charge in [-0.1, -0.05) is 17.3 Å². The van der Waals surface area contributed by atoms with Crippen LogP contribution in [0.25, 0.3) is 16.9 Å². The van der Waals surface area contributed by atoms with Crippen molar-refractivity contribution in [3.63, 3.8) is 0 Å². The number of hydrogen-bond acceptors (Lipinski definition) is 5. The zero-order valence-corrected chi connectivity index (χ0v) is 19.5. The molecule has 0 N–H and O–H groups in total. The number of oxime groups is 1. The standard InChI is InChI=1S/C24H20F4N2O4S/c1-14-20(22(24(26,27)28)29-34-23(31)16-3-4-16)13-21(30(14)18-9-7-17(25)8-10-18)15-5-11-19(12-6-15)35(2,32)33/h5-13,16H,3-4H2,1-2H3. The Bertz CT molecular complexity index is 1400.